The quantitative estimate of drug-likeness (QED) is 0.593. The maximum atomic E-state index is 11.2. The zero-order chi connectivity index (χ0) is 12.4. The minimum atomic E-state index is -0.867. The maximum Gasteiger partial charge on any atom is 0.239 e. The van der Waals surface area contributed by atoms with Crippen LogP contribution in [0.3, 0.4) is 0 Å². The molecular formula is C12H10NO4. The SMILES string of the molecule is O=[C][C@H](Cc1ccc(O)cc1)N1C(=O)CC1=O. The molecule has 87 valence electrons. The second kappa shape index (κ2) is 4.37. The second-order valence-electron chi connectivity index (χ2n) is 3.84. The zero-order valence-corrected chi connectivity index (χ0v) is 8.92. The van der Waals surface area contributed by atoms with E-state index in [2.05, 4.69) is 0 Å². The van der Waals surface area contributed by atoms with Crippen LogP contribution in [0, 0.1) is 0 Å². The molecule has 1 aromatic carbocycles. The van der Waals surface area contributed by atoms with Crippen LogP contribution in [-0.2, 0) is 20.8 Å². The second-order valence-corrected chi connectivity index (χ2v) is 3.84. The highest BCUT2D eigenvalue weighted by Crippen LogP contribution is 2.18. The molecule has 0 saturated carbocycles. The number of benzene rings is 1. The number of carbonyl (C=O) groups excluding carboxylic acids is 3. The first-order valence-corrected chi connectivity index (χ1v) is 5.12. The Balaban J connectivity index is 2.10. The van der Waals surface area contributed by atoms with Gasteiger partial charge in [-0.3, -0.25) is 19.3 Å². The molecule has 0 bridgehead atoms. The Kier molecular flexibility index (Phi) is 2.91. The van der Waals surface area contributed by atoms with Crippen LogP contribution in [0.2, 0.25) is 0 Å². The number of β-lactam (4-membered cyclic amide) rings is 2. The molecule has 1 aliphatic rings. The van der Waals surface area contributed by atoms with E-state index in [0.717, 1.165) is 10.5 Å². The van der Waals surface area contributed by atoms with E-state index >= 15 is 0 Å². The van der Waals surface area contributed by atoms with E-state index in [1.165, 1.54) is 12.1 Å². The Bertz CT molecular complexity index is 452. The molecule has 1 fully saturated rings. The summed E-state index contributed by atoms with van der Waals surface area (Å²) in [7, 11) is 0. The minimum Gasteiger partial charge on any atom is -0.508 e. The molecule has 2 amide bonds. The Morgan fingerprint density at radius 1 is 1.24 bits per heavy atom. The van der Waals surface area contributed by atoms with Gasteiger partial charge in [0.25, 0.3) is 0 Å². The van der Waals surface area contributed by atoms with Gasteiger partial charge >= 0.3 is 0 Å². The van der Waals surface area contributed by atoms with Crippen molar-refractivity contribution in [2.24, 2.45) is 0 Å². The number of imide groups is 1. The first kappa shape index (κ1) is 11.3. The smallest absolute Gasteiger partial charge is 0.239 e. The predicted octanol–water partition coefficient (Wildman–Crippen LogP) is 0.172. The van der Waals surface area contributed by atoms with Crippen LogP contribution >= 0.6 is 0 Å². The van der Waals surface area contributed by atoms with Gasteiger partial charge in [-0.05, 0) is 17.7 Å². The van der Waals surface area contributed by atoms with Crippen molar-refractivity contribution in [2.75, 3.05) is 0 Å². The summed E-state index contributed by atoms with van der Waals surface area (Å²) in [5.41, 5.74) is 0.753. The fraction of sp³-hybridized carbons (Fsp3) is 0.250. The third-order valence-electron chi connectivity index (χ3n) is 2.65. The maximum absolute atomic E-state index is 11.2. The van der Waals surface area contributed by atoms with Gasteiger partial charge in [-0.2, -0.15) is 0 Å². The van der Waals surface area contributed by atoms with E-state index in [1.807, 2.05) is 0 Å². The summed E-state index contributed by atoms with van der Waals surface area (Å²) in [5.74, 6) is -0.569. The van der Waals surface area contributed by atoms with E-state index in [4.69, 9.17) is 5.11 Å². The molecule has 17 heavy (non-hydrogen) atoms. The van der Waals surface area contributed by atoms with E-state index in [9.17, 15) is 14.4 Å². The molecule has 5 nitrogen and oxygen atoms in total. The summed E-state index contributed by atoms with van der Waals surface area (Å²) in [6.07, 6.45) is 1.79. The molecule has 0 unspecified atom stereocenters. The molecule has 2 rings (SSSR count). The van der Waals surface area contributed by atoms with Crippen LogP contribution in [0.5, 0.6) is 5.75 Å². The zero-order valence-electron chi connectivity index (χ0n) is 8.92. The third-order valence-corrected chi connectivity index (χ3v) is 2.65. The number of phenols is 1. The number of rotatable bonds is 4. The normalized spacial score (nSPS) is 16.6. The molecule has 0 spiro atoms. The molecule has 1 aromatic rings. The number of hydrogen-bond acceptors (Lipinski definition) is 4. The lowest BCUT2D eigenvalue weighted by Crippen LogP contribution is -2.55. The van der Waals surface area contributed by atoms with Crippen LogP contribution in [0.15, 0.2) is 24.3 Å². The molecule has 1 aliphatic heterocycles. The molecule has 1 N–H and O–H groups in total. The van der Waals surface area contributed by atoms with Crippen molar-refractivity contribution < 1.29 is 19.5 Å². The Hall–Kier alpha value is -2.17. The van der Waals surface area contributed by atoms with Crippen LogP contribution in [0.4, 0.5) is 0 Å². The van der Waals surface area contributed by atoms with E-state index in [0.29, 0.717) is 0 Å². The highest BCUT2D eigenvalue weighted by Gasteiger charge is 2.39. The predicted molar refractivity (Wildman–Crippen MR) is 57.8 cm³/mol. The van der Waals surface area contributed by atoms with Crippen LogP contribution in [0.1, 0.15) is 12.0 Å². The molecule has 1 heterocycles. The van der Waals surface area contributed by atoms with Gasteiger partial charge in [-0.1, -0.05) is 12.1 Å². The van der Waals surface area contributed by atoms with Gasteiger partial charge in [-0.25, -0.2) is 0 Å². The van der Waals surface area contributed by atoms with Gasteiger partial charge in [0.1, 0.15) is 18.2 Å². The van der Waals surface area contributed by atoms with Crippen LogP contribution in [0.25, 0.3) is 0 Å². The number of carbonyl (C=O) groups is 2. The molecule has 0 aromatic heterocycles. The van der Waals surface area contributed by atoms with Crippen molar-refractivity contribution in [2.45, 2.75) is 18.9 Å². The molecule has 1 atom stereocenters. The summed E-state index contributed by atoms with van der Waals surface area (Å²) in [6.45, 7) is 0. The van der Waals surface area contributed by atoms with Crippen LogP contribution < -0.4 is 0 Å². The largest absolute Gasteiger partial charge is 0.508 e. The van der Waals surface area contributed by atoms with Gasteiger partial charge in [-0.15, -0.1) is 0 Å². The molecule has 0 aliphatic carbocycles. The average Bonchev–Trinajstić information content (AvgIpc) is 2.31. The molecule has 1 radical (unpaired) electrons. The molecule has 1 saturated heterocycles. The first-order chi connectivity index (χ1) is 8.11. The number of amides is 2. The standard InChI is InChI=1S/C12H10NO4/c14-7-9(13-11(16)6-12(13)17)5-8-1-3-10(15)4-2-8/h1-4,9,15H,5-6H2/t9-/m0/s1. The lowest BCUT2D eigenvalue weighted by molar-refractivity contribution is -0.159. The van der Waals surface area contributed by atoms with Crippen molar-refractivity contribution in [1.29, 1.82) is 0 Å². The highest BCUT2D eigenvalue weighted by atomic mass is 16.3. The number of likely N-dealkylation sites (tertiary alicyclic amines) is 1. The van der Waals surface area contributed by atoms with Gasteiger partial charge < -0.3 is 5.11 Å². The number of nitrogens with zero attached hydrogens (tertiary/aromatic N) is 1. The van der Waals surface area contributed by atoms with Gasteiger partial charge in [0, 0.05) is 6.42 Å². The Labute approximate surface area is 97.7 Å². The van der Waals surface area contributed by atoms with E-state index < -0.39 is 6.04 Å². The summed E-state index contributed by atoms with van der Waals surface area (Å²) in [6, 6.07) is 5.37. The Morgan fingerprint density at radius 3 is 2.29 bits per heavy atom. The third kappa shape index (κ3) is 2.18. The number of phenolic OH excluding ortho intramolecular Hbond substituents is 1. The lowest BCUT2D eigenvalue weighted by Gasteiger charge is -2.32. The Morgan fingerprint density at radius 2 is 1.82 bits per heavy atom. The van der Waals surface area contributed by atoms with Crippen molar-refractivity contribution >= 4 is 18.1 Å². The monoisotopic (exact) mass is 232 g/mol. The van der Waals surface area contributed by atoms with E-state index in [1.54, 1.807) is 18.4 Å². The number of aromatic hydroxyl groups is 1. The van der Waals surface area contributed by atoms with Crippen LogP contribution in [-0.4, -0.2) is 34.1 Å². The first-order valence-electron chi connectivity index (χ1n) is 5.12. The lowest BCUT2D eigenvalue weighted by atomic mass is 10.0. The van der Waals surface area contributed by atoms with Gasteiger partial charge in [0.15, 0.2) is 0 Å². The summed E-state index contributed by atoms with van der Waals surface area (Å²) < 4.78 is 0. The number of hydrogen-bond donors (Lipinski definition) is 1. The van der Waals surface area contributed by atoms with Gasteiger partial charge in [0.05, 0.1) is 0 Å². The minimum absolute atomic E-state index is 0.122. The topological polar surface area (TPSA) is 74.7 Å². The van der Waals surface area contributed by atoms with Crippen molar-refractivity contribution in [3.8, 4) is 5.75 Å². The summed E-state index contributed by atoms with van der Waals surface area (Å²) >= 11 is 0. The van der Waals surface area contributed by atoms with E-state index in [-0.39, 0.29) is 30.4 Å². The highest BCUT2D eigenvalue weighted by molar-refractivity contribution is 6.16. The molecule has 5 heteroatoms. The fourth-order valence-corrected chi connectivity index (χ4v) is 1.74. The van der Waals surface area contributed by atoms with Crippen molar-refractivity contribution in [3.05, 3.63) is 29.8 Å². The van der Waals surface area contributed by atoms with Crippen molar-refractivity contribution in [3.63, 3.8) is 0 Å². The van der Waals surface area contributed by atoms with Gasteiger partial charge in [0.2, 0.25) is 18.1 Å². The average molecular weight is 232 g/mol. The summed E-state index contributed by atoms with van der Waals surface area (Å²) in [5, 5.41) is 9.10. The fourth-order valence-electron chi connectivity index (χ4n) is 1.74. The summed E-state index contributed by atoms with van der Waals surface area (Å²) in [4.78, 5) is 34.1. The molecular weight excluding hydrogens is 222 g/mol. The van der Waals surface area contributed by atoms with Crippen molar-refractivity contribution in [1.82, 2.24) is 4.90 Å².